The quantitative estimate of drug-likeness (QED) is 0.171. The molecule has 0 unspecified atom stereocenters. The highest BCUT2D eigenvalue weighted by molar-refractivity contribution is 7.80. The number of esters is 2. The Hall–Kier alpha value is -3.25. The summed E-state index contributed by atoms with van der Waals surface area (Å²) in [5, 5.41) is 2.36. The first-order valence-corrected chi connectivity index (χ1v) is 8.63. The van der Waals surface area contributed by atoms with Crippen molar-refractivity contribution >= 4 is 46.1 Å². The number of hydrogen-bond acceptors (Lipinski definition) is 6. The van der Waals surface area contributed by atoms with Gasteiger partial charge in [0.15, 0.2) is 0 Å². The second kappa shape index (κ2) is 7.97. The van der Waals surface area contributed by atoms with Gasteiger partial charge in [-0.3, -0.25) is 0 Å². The third-order valence-electron chi connectivity index (χ3n) is 3.87. The fraction of sp³-hybridized carbons (Fsp3) is 0.0476. The van der Waals surface area contributed by atoms with E-state index in [9.17, 15) is 9.59 Å². The van der Waals surface area contributed by atoms with Crippen molar-refractivity contribution in [3.8, 4) is 17.2 Å². The Labute approximate surface area is 161 Å². The highest BCUT2D eigenvalue weighted by Crippen LogP contribution is 2.44. The molecule has 136 valence electrons. The van der Waals surface area contributed by atoms with Gasteiger partial charge >= 0.3 is 11.9 Å². The smallest absolute Gasteiger partial charge is 0.335 e. The van der Waals surface area contributed by atoms with Gasteiger partial charge in [0.25, 0.3) is 0 Å². The lowest BCUT2D eigenvalue weighted by Gasteiger charge is -2.16. The molecule has 3 rings (SSSR count). The van der Waals surface area contributed by atoms with Gasteiger partial charge in [-0.1, -0.05) is 37.4 Å². The molecule has 0 heterocycles. The van der Waals surface area contributed by atoms with Crippen LogP contribution in [0.25, 0.3) is 21.5 Å². The molecule has 0 aliphatic heterocycles. The summed E-state index contributed by atoms with van der Waals surface area (Å²) < 4.78 is 16.5. The summed E-state index contributed by atoms with van der Waals surface area (Å²) in [4.78, 5) is 23.8. The zero-order valence-electron chi connectivity index (χ0n) is 14.3. The van der Waals surface area contributed by atoms with Crippen LogP contribution in [0.4, 0.5) is 0 Å². The molecule has 0 fully saturated rings. The summed E-state index contributed by atoms with van der Waals surface area (Å²) in [5.41, 5.74) is 0. The van der Waals surface area contributed by atoms with Crippen molar-refractivity contribution in [3.05, 3.63) is 67.8 Å². The Kier molecular flexibility index (Phi) is 5.47. The highest BCUT2D eigenvalue weighted by atomic mass is 32.1. The van der Waals surface area contributed by atoms with Crippen molar-refractivity contribution in [1.82, 2.24) is 0 Å². The van der Waals surface area contributed by atoms with Gasteiger partial charge in [-0.05, 0) is 18.2 Å². The first-order chi connectivity index (χ1) is 13.1. The Balaban J connectivity index is 2.40. The van der Waals surface area contributed by atoms with E-state index >= 15 is 0 Å². The molecule has 0 spiro atoms. The van der Waals surface area contributed by atoms with E-state index < -0.39 is 11.9 Å². The number of carbonyl (C=O) groups excluding carboxylic acids is 2. The molecule has 0 N–H and O–H groups in total. The standard InChI is InChI=1S/C21H16O5S/c1-3-18(22)25-20-14-7-5-6-8-15(14)21(26-19(23)4-2)17-11-13(24-12-27)9-10-16(17)20/h3-11,27H,1-2,12H2. The summed E-state index contributed by atoms with van der Waals surface area (Å²) in [5.74, 6) is 0.199. The Morgan fingerprint density at radius 2 is 1.37 bits per heavy atom. The average molecular weight is 380 g/mol. The Morgan fingerprint density at radius 3 is 1.89 bits per heavy atom. The molecule has 0 amide bonds. The van der Waals surface area contributed by atoms with Gasteiger partial charge in [0.05, 0.1) is 0 Å². The average Bonchev–Trinajstić information content (AvgIpc) is 2.70. The third kappa shape index (κ3) is 3.66. The van der Waals surface area contributed by atoms with E-state index in [2.05, 4.69) is 25.8 Å². The van der Waals surface area contributed by atoms with Crippen LogP contribution in [0.15, 0.2) is 67.8 Å². The molecular weight excluding hydrogens is 364 g/mol. The van der Waals surface area contributed by atoms with Gasteiger partial charge in [-0.2, -0.15) is 0 Å². The monoisotopic (exact) mass is 380 g/mol. The number of benzene rings is 3. The molecule has 3 aromatic rings. The van der Waals surface area contributed by atoms with Gasteiger partial charge in [-0.15, -0.1) is 12.6 Å². The molecule has 0 radical (unpaired) electrons. The van der Waals surface area contributed by atoms with E-state index in [1.54, 1.807) is 42.5 Å². The molecule has 3 aromatic carbocycles. The van der Waals surface area contributed by atoms with Crippen LogP contribution in [0, 0.1) is 0 Å². The summed E-state index contributed by atoms with van der Waals surface area (Å²) in [6, 6.07) is 12.3. The predicted octanol–water partition coefficient (Wildman–Crippen LogP) is 4.44. The number of thiol groups is 1. The molecular formula is C21H16O5S. The van der Waals surface area contributed by atoms with Crippen molar-refractivity contribution in [2.75, 3.05) is 5.94 Å². The lowest BCUT2D eigenvalue weighted by Crippen LogP contribution is -2.07. The number of rotatable bonds is 6. The van der Waals surface area contributed by atoms with Crippen LogP contribution in [0.1, 0.15) is 0 Å². The first-order valence-electron chi connectivity index (χ1n) is 7.99. The predicted molar refractivity (Wildman–Crippen MR) is 108 cm³/mol. The van der Waals surface area contributed by atoms with Gasteiger partial charge in [0.1, 0.15) is 23.2 Å². The van der Waals surface area contributed by atoms with Crippen LogP contribution in [0.3, 0.4) is 0 Å². The number of fused-ring (bicyclic) bond motifs is 2. The zero-order chi connectivity index (χ0) is 19.4. The molecule has 0 aliphatic carbocycles. The van der Waals surface area contributed by atoms with Crippen molar-refractivity contribution < 1.29 is 23.8 Å². The SMILES string of the molecule is C=CC(=O)Oc1c2ccccc2c(OC(=O)C=C)c2cc(OCS)ccc12. The van der Waals surface area contributed by atoms with Crippen molar-refractivity contribution in [2.24, 2.45) is 0 Å². The van der Waals surface area contributed by atoms with E-state index in [0.717, 1.165) is 12.2 Å². The van der Waals surface area contributed by atoms with Gasteiger partial charge in [0, 0.05) is 33.7 Å². The van der Waals surface area contributed by atoms with E-state index in [1.807, 2.05) is 0 Å². The molecule has 0 bridgehead atoms. The maximum absolute atomic E-state index is 11.9. The summed E-state index contributed by atoms with van der Waals surface area (Å²) in [6.45, 7) is 6.88. The number of carbonyl (C=O) groups is 2. The Morgan fingerprint density at radius 1 is 0.852 bits per heavy atom. The van der Waals surface area contributed by atoms with Gasteiger partial charge in [0.2, 0.25) is 0 Å². The second-order valence-electron chi connectivity index (χ2n) is 5.44. The van der Waals surface area contributed by atoms with Crippen molar-refractivity contribution in [3.63, 3.8) is 0 Å². The van der Waals surface area contributed by atoms with Crippen molar-refractivity contribution in [1.29, 1.82) is 0 Å². The highest BCUT2D eigenvalue weighted by Gasteiger charge is 2.19. The minimum Gasteiger partial charge on any atom is -0.483 e. The fourth-order valence-corrected chi connectivity index (χ4v) is 2.90. The van der Waals surface area contributed by atoms with Gasteiger partial charge < -0.3 is 14.2 Å². The molecule has 27 heavy (non-hydrogen) atoms. The van der Waals surface area contributed by atoms with E-state index in [0.29, 0.717) is 38.8 Å². The van der Waals surface area contributed by atoms with Crippen LogP contribution in [-0.2, 0) is 9.59 Å². The first kappa shape index (κ1) is 18.5. The van der Waals surface area contributed by atoms with Gasteiger partial charge in [-0.25, -0.2) is 9.59 Å². The van der Waals surface area contributed by atoms with Crippen LogP contribution >= 0.6 is 12.6 Å². The maximum atomic E-state index is 11.9. The summed E-state index contributed by atoms with van der Waals surface area (Å²) in [6.07, 6.45) is 2.17. The zero-order valence-corrected chi connectivity index (χ0v) is 15.2. The van der Waals surface area contributed by atoms with E-state index in [-0.39, 0.29) is 5.94 Å². The Bertz CT molecular complexity index is 1070. The topological polar surface area (TPSA) is 61.8 Å². The van der Waals surface area contributed by atoms with Crippen molar-refractivity contribution in [2.45, 2.75) is 0 Å². The number of hydrogen-bond donors (Lipinski definition) is 1. The summed E-state index contributed by atoms with van der Waals surface area (Å²) in [7, 11) is 0. The largest absolute Gasteiger partial charge is 0.483 e. The molecule has 0 saturated heterocycles. The minimum absolute atomic E-state index is 0.180. The molecule has 0 aliphatic rings. The van der Waals surface area contributed by atoms with Crippen LogP contribution in [0.2, 0.25) is 0 Å². The molecule has 0 atom stereocenters. The molecule has 5 nitrogen and oxygen atoms in total. The molecule has 6 heteroatoms. The molecule has 0 saturated carbocycles. The van der Waals surface area contributed by atoms with Crippen LogP contribution in [-0.4, -0.2) is 17.9 Å². The summed E-state index contributed by atoms with van der Waals surface area (Å²) >= 11 is 4.06. The third-order valence-corrected chi connectivity index (χ3v) is 4.00. The minimum atomic E-state index is -0.599. The normalized spacial score (nSPS) is 10.4. The second-order valence-corrected chi connectivity index (χ2v) is 5.69. The van der Waals surface area contributed by atoms with E-state index in [1.165, 1.54) is 0 Å². The fourth-order valence-electron chi connectivity index (χ4n) is 2.75. The lowest BCUT2D eigenvalue weighted by molar-refractivity contribution is -0.129. The van der Waals surface area contributed by atoms with Crippen LogP contribution < -0.4 is 14.2 Å². The lowest BCUT2D eigenvalue weighted by atomic mass is 10.00. The number of ether oxygens (including phenoxy) is 3. The maximum Gasteiger partial charge on any atom is 0.335 e. The molecule has 0 aromatic heterocycles. The van der Waals surface area contributed by atoms with Crippen LogP contribution in [0.5, 0.6) is 17.2 Å². The van der Waals surface area contributed by atoms with E-state index in [4.69, 9.17) is 14.2 Å².